The molecule has 1 aliphatic carbocycles. The van der Waals surface area contributed by atoms with Gasteiger partial charge in [-0.3, -0.25) is 9.59 Å². The van der Waals surface area contributed by atoms with Gasteiger partial charge in [0, 0.05) is 24.6 Å². The molecule has 0 saturated heterocycles. The van der Waals surface area contributed by atoms with Crippen molar-refractivity contribution in [1.29, 1.82) is 0 Å². The molecule has 1 aliphatic heterocycles. The van der Waals surface area contributed by atoms with Crippen LogP contribution >= 0.6 is 0 Å². The molecule has 2 aliphatic rings. The van der Waals surface area contributed by atoms with Crippen molar-refractivity contribution in [2.75, 3.05) is 11.9 Å². The van der Waals surface area contributed by atoms with Crippen LogP contribution in [0.2, 0.25) is 0 Å². The summed E-state index contributed by atoms with van der Waals surface area (Å²) in [5.41, 5.74) is 1.65. The van der Waals surface area contributed by atoms with Crippen molar-refractivity contribution in [3.05, 3.63) is 54.1 Å². The summed E-state index contributed by atoms with van der Waals surface area (Å²) in [5.74, 6) is 0.0503. The van der Waals surface area contributed by atoms with E-state index in [1.807, 2.05) is 37.3 Å². The summed E-state index contributed by atoms with van der Waals surface area (Å²) in [5, 5.41) is 2.74. The number of rotatable bonds is 6. The Morgan fingerprint density at radius 3 is 2.55 bits per heavy atom. The van der Waals surface area contributed by atoms with Gasteiger partial charge in [-0.2, -0.15) is 0 Å². The van der Waals surface area contributed by atoms with Crippen molar-refractivity contribution < 1.29 is 23.8 Å². The Bertz CT molecular complexity index is 889. The molecule has 1 fully saturated rings. The SMILES string of the molecule is CC(CC(=O)OCC(=O)Nc1ccc2c(c1)OC1(CCCC1)O2)c1ccccc1. The van der Waals surface area contributed by atoms with Gasteiger partial charge in [0.2, 0.25) is 0 Å². The number of anilines is 1. The second kappa shape index (κ2) is 8.15. The molecule has 152 valence electrons. The Hall–Kier alpha value is -3.02. The zero-order chi connectivity index (χ0) is 20.3. The number of hydrogen-bond acceptors (Lipinski definition) is 5. The number of carbonyl (C=O) groups is 2. The van der Waals surface area contributed by atoms with Gasteiger partial charge in [0.15, 0.2) is 18.1 Å². The fourth-order valence-corrected chi connectivity index (χ4v) is 3.84. The predicted molar refractivity (Wildman–Crippen MR) is 108 cm³/mol. The first-order valence-electron chi connectivity index (χ1n) is 10.1. The second-order valence-corrected chi connectivity index (χ2v) is 7.71. The summed E-state index contributed by atoms with van der Waals surface area (Å²) in [4.78, 5) is 24.2. The van der Waals surface area contributed by atoms with Crippen LogP contribution in [0.5, 0.6) is 11.5 Å². The number of ether oxygens (including phenoxy) is 3. The minimum Gasteiger partial charge on any atom is -0.456 e. The molecule has 6 nitrogen and oxygen atoms in total. The Morgan fingerprint density at radius 1 is 1.07 bits per heavy atom. The van der Waals surface area contributed by atoms with Crippen LogP contribution < -0.4 is 14.8 Å². The third kappa shape index (κ3) is 4.53. The first kappa shape index (κ1) is 19.3. The van der Waals surface area contributed by atoms with E-state index in [2.05, 4.69) is 5.32 Å². The Labute approximate surface area is 170 Å². The molecule has 2 aromatic carbocycles. The second-order valence-electron chi connectivity index (χ2n) is 7.71. The standard InChI is InChI=1S/C23H25NO5/c1-16(17-7-3-2-4-8-17)13-22(26)27-15-21(25)24-18-9-10-19-20(14-18)29-23(28-19)11-5-6-12-23/h2-4,7-10,14,16H,5-6,11-13,15H2,1H3,(H,24,25). The number of amides is 1. The van der Waals surface area contributed by atoms with Crippen LogP contribution in [0.3, 0.4) is 0 Å². The summed E-state index contributed by atoms with van der Waals surface area (Å²) in [7, 11) is 0. The predicted octanol–water partition coefficient (Wildman–Crippen LogP) is 4.40. The quantitative estimate of drug-likeness (QED) is 0.734. The van der Waals surface area contributed by atoms with Crippen LogP contribution in [0.1, 0.15) is 50.5 Å². The van der Waals surface area contributed by atoms with Crippen molar-refractivity contribution >= 4 is 17.6 Å². The fraction of sp³-hybridized carbons (Fsp3) is 0.391. The number of hydrogen-bond donors (Lipinski definition) is 1. The molecule has 1 spiro atoms. The highest BCUT2D eigenvalue weighted by Crippen LogP contribution is 2.47. The van der Waals surface area contributed by atoms with E-state index >= 15 is 0 Å². The average molecular weight is 395 g/mol. The van der Waals surface area contributed by atoms with E-state index in [0.717, 1.165) is 31.2 Å². The van der Waals surface area contributed by atoms with E-state index in [1.165, 1.54) is 0 Å². The zero-order valence-electron chi connectivity index (χ0n) is 16.5. The topological polar surface area (TPSA) is 73.9 Å². The molecule has 1 N–H and O–H groups in total. The maximum Gasteiger partial charge on any atom is 0.306 e. The largest absolute Gasteiger partial charge is 0.456 e. The van der Waals surface area contributed by atoms with E-state index < -0.39 is 11.8 Å². The van der Waals surface area contributed by atoms with Gasteiger partial charge in [0.25, 0.3) is 11.7 Å². The molecule has 1 heterocycles. The molecule has 1 atom stereocenters. The molecule has 2 aromatic rings. The molecule has 0 aromatic heterocycles. The molecule has 6 heteroatoms. The first-order chi connectivity index (χ1) is 14.0. The van der Waals surface area contributed by atoms with E-state index in [0.29, 0.717) is 17.2 Å². The van der Waals surface area contributed by atoms with Crippen LogP contribution in [0.25, 0.3) is 0 Å². The third-order valence-electron chi connectivity index (χ3n) is 5.39. The number of carbonyl (C=O) groups excluding carboxylic acids is 2. The minimum atomic E-state index is -0.532. The van der Waals surface area contributed by atoms with Crippen molar-refractivity contribution in [2.45, 2.75) is 50.7 Å². The smallest absolute Gasteiger partial charge is 0.306 e. The van der Waals surface area contributed by atoms with Crippen LogP contribution in [-0.4, -0.2) is 24.3 Å². The van der Waals surface area contributed by atoms with Crippen molar-refractivity contribution in [3.8, 4) is 11.5 Å². The highest BCUT2D eigenvalue weighted by atomic mass is 16.7. The van der Waals surface area contributed by atoms with E-state index in [9.17, 15) is 9.59 Å². The Balaban J connectivity index is 1.26. The lowest BCUT2D eigenvalue weighted by atomic mass is 9.98. The number of fused-ring (bicyclic) bond motifs is 1. The lowest BCUT2D eigenvalue weighted by Gasteiger charge is -2.21. The molecule has 0 radical (unpaired) electrons. The first-order valence-corrected chi connectivity index (χ1v) is 10.1. The molecule has 4 rings (SSSR count). The molecule has 1 amide bonds. The maximum absolute atomic E-state index is 12.2. The van der Waals surface area contributed by atoms with Crippen LogP contribution in [0, 0.1) is 0 Å². The van der Waals surface area contributed by atoms with Gasteiger partial charge >= 0.3 is 5.97 Å². The molecular formula is C23H25NO5. The van der Waals surface area contributed by atoms with E-state index in [-0.39, 0.29) is 24.9 Å². The summed E-state index contributed by atoms with van der Waals surface area (Å²) in [6, 6.07) is 15.1. The Kier molecular flexibility index (Phi) is 5.43. The number of nitrogens with one attached hydrogen (secondary N) is 1. The average Bonchev–Trinajstić information content (AvgIpc) is 3.32. The van der Waals surface area contributed by atoms with Crippen LogP contribution in [0.15, 0.2) is 48.5 Å². The molecule has 0 bridgehead atoms. The molecule has 29 heavy (non-hydrogen) atoms. The normalized spacial score (nSPS) is 17.1. The minimum absolute atomic E-state index is 0.0310. The van der Waals surface area contributed by atoms with Gasteiger partial charge in [-0.1, -0.05) is 37.3 Å². The van der Waals surface area contributed by atoms with Gasteiger partial charge in [0.05, 0.1) is 6.42 Å². The van der Waals surface area contributed by atoms with Crippen LogP contribution in [-0.2, 0) is 14.3 Å². The number of benzene rings is 2. The van der Waals surface area contributed by atoms with Gasteiger partial charge in [0.1, 0.15) is 0 Å². The van der Waals surface area contributed by atoms with Gasteiger partial charge in [-0.15, -0.1) is 0 Å². The molecule has 1 saturated carbocycles. The Morgan fingerprint density at radius 2 is 1.79 bits per heavy atom. The fourth-order valence-electron chi connectivity index (χ4n) is 3.84. The lowest BCUT2D eigenvalue weighted by molar-refractivity contribution is -0.147. The molecule has 1 unspecified atom stereocenters. The van der Waals surface area contributed by atoms with Gasteiger partial charge in [-0.05, 0) is 36.5 Å². The summed E-state index contributed by atoms with van der Waals surface area (Å²) in [6.45, 7) is 1.64. The number of esters is 1. The van der Waals surface area contributed by atoms with Gasteiger partial charge in [-0.25, -0.2) is 0 Å². The lowest BCUT2D eigenvalue weighted by Crippen LogP contribution is -2.34. The zero-order valence-corrected chi connectivity index (χ0v) is 16.5. The van der Waals surface area contributed by atoms with E-state index in [4.69, 9.17) is 14.2 Å². The van der Waals surface area contributed by atoms with Crippen molar-refractivity contribution in [2.24, 2.45) is 0 Å². The molecular weight excluding hydrogens is 370 g/mol. The van der Waals surface area contributed by atoms with E-state index in [1.54, 1.807) is 18.2 Å². The van der Waals surface area contributed by atoms with Crippen LogP contribution in [0.4, 0.5) is 5.69 Å². The van der Waals surface area contributed by atoms with Crippen molar-refractivity contribution in [1.82, 2.24) is 0 Å². The summed E-state index contributed by atoms with van der Waals surface area (Å²) < 4.78 is 17.1. The highest BCUT2D eigenvalue weighted by molar-refractivity contribution is 5.93. The third-order valence-corrected chi connectivity index (χ3v) is 5.39. The monoisotopic (exact) mass is 395 g/mol. The van der Waals surface area contributed by atoms with Gasteiger partial charge < -0.3 is 19.5 Å². The highest BCUT2D eigenvalue weighted by Gasteiger charge is 2.44. The van der Waals surface area contributed by atoms with Crippen molar-refractivity contribution in [3.63, 3.8) is 0 Å². The summed E-state index contributed by atoms with van der Waals surface area (Å²) >= 11 is 0. The summed E-state index contributed by atoms with van der Waals surface area (Å²) in [6.07, 6.45) is 4.16. The maximum atomic E-state index is 12.2.